The number of hydrogen-bond acceptors (Lipinski definition) is 4. The molecule has 0 unspecified atom stereocenters. The van der Waals surface area contributed by atoms with Crippen LogP contribution >= 0.6 is 23.4 Å². The molecule has 0 saturated carbocycles. The molecule has 0 bridgehead atoms. The van der Waals surface area contributed by atoms with E-state index in [2.05, 4.69) is 0 Å². The summed E-state index contributed by atoms with van der Waals surface area (Å²) in [6.45, 7) is 0.955. The van der Waals surface area contributed by atoms with Gasteiger partial charge in [0.05, 0.1) is 6.61 Å². The highest BCUT2D eigenvalue weighted by molar-refractivity contribution is 7.98. The fourth-order valence-corrected chi connectivity index (χ4v) is 1.79. The summed E-state index contributed by atoms with van der Waals surface area (Å²) < 4.78 is 10.4. The topological polar surface area (TPSA) is 35.5 Å². The molecule has 1 rings (SSSR count). The van der Waals surface area contributed by atoms with Crippen molar-refractivity contribution >= 4 is 28.6 Å². The predicted molar refractivity (Wildman–Crippen MR) is 65.8 cm³/mol. The van der Waals surface area contributed by atoms with Crippen molar-refractivity contribution < 1.29 is 14.3 Å². The van der Waals surface area contributed by atoms with Crippen molar-refractivity contribution in [3.05, 3.63) is 23.8 Å². The second kappa shape index (κ2) is 6.78. The van der Waals surface area contributed by atoms with Crippen LogP contribution in [0.15, 0.2) is 23.1 Å². The van der Waals surface area contributed by atoms with Crippen LogP contribution in [0.2, 0.25) is 0 Å². The molecule has 0 atom stereocenters. The lowest BCUT2D eigenvalue weighted by atomic mass is 10.2. The van der Waals surface area contributed by atoms with Crippen molar-refractivity contribution in [1.82, 2.24) is 0 Å². The maximum absolute atomic E-state index is 11.0. The van der Waals surface area contributed by atoms with Gasteiger partial charge < -0.3 is 9.47 Å². The average molecular weight is 261 g/mol. The summed E-state index contributed by atoms with van der Waals surface area (Å²) in [7, 11) is 1.61. The molecule has 0 saturated heterocycles. The molecule has 5 heteroatoms. The van der Waals surface area contributed by atoms with Gasteiger partial charge in [0.15, 0.2) is 0 Å². The highest BCUT2D eigenvalue weighted by Gasteiger charge is 2.08. The van der Waals surface area contributed by atoms with Crippen LogP contribution in [-0.2, 0) is 4.74 Å². The van der Waals surface area contributed by atoms with E-state index in [4.69, 9.17) is 21.1 Å². The van der Waals surface area contributed by atoms with Crippen molar-refractivity contribution in [2.75, 3.05) is 26.6 Å². The Bertz CT molecular complexity index is 368. The first-order valence-corrected chi connectivity index (χ1v) is 6.29. The number of benzene rings is 1. The van der Waals surface area contributed by atoms with Crippen molar-refractivity contribution in [3.63, 3.8) is 0 Å². The first kappa shape index (κ1) is 13.4. The Morgan fingerprint density at radius 3 is 2.75 bits per heavy atom. The summed E-state index contributed by atoms with van der Waals surface area (Å²) in [6, 6.07) is 5.16. The van der Waals surface area contributed by atoms with Crippen LogP contribution in [0, 0.1) is 0 Å². The largest absolute Gasteiger partial charge is 0.490 e. The molecule has 0 aliphatic carbocycles. The lowest BCUT2D eigenvalue weighted by molar-refractivity contribution is 0.108. The SMILES string of the molecule is COCCOc1cc(C(=O)Cl)ccc1SC. The third-order valence-corrected chi connectivity index (χ3v) is 2.93. The van der Waals surface area contributed by atoms with E-state index in [9.17, 15) is 4.79 Å². The molecule has 1 aromatic carbocycles. The molecule has 0 aromatic heterocycles. The molecule has 0 aliphatic heterocycles. The fourth-order valence-electron chi connectivity index (χ4n) is 1.15. The molecule has 0 heterocycles. The van der Waals surface area contributed by atoms with Crippen molar-refractivity contribution in [3.8, 4) is 5.75 Å². The number of ether oxygens (including phenoxy) is 2. The van der Waals surface area contributed by atoms with Gasteiger partial charge in [-0.05, 0) is 36.1 Å². The number of carbonyl (C=O) groups excluding carboxylic acids is 1. The third kappa shape index (κ3) is 3.70. The van der Waals surface area contributed by atoms with E-state index < -0.39 is 5.24 Å². The van der Waals surface area contributed by atoms with Crippen LogP contribution in [0.4, 0.5) is 0 Å². The standard InChI is InChI=1S/C11H13ClO3S/c1-14-5-6-15-9-7-8(11(12)13)3-4-10(9)16-2/h3-4,7H,5-6H2,1-2H3. The lowest BCUT2D eigenvalue weighted by Crippen LogP contribution is -2.05. The minimum Gasteiger partial charge on any atom is -0.490 e. The number of hydrogen-bond donors (Lipinski definition) is 0. The van der Waals surface area contributed by atoms with E-state index in [0.29, 0.717) is 24.5 Å². The smallest absolute Gasteiger partial charge is 0.252 e. The Hall–Kier alpha value is -0.710. The van der Waals surface area contributed by atoms with E-state index in [1.54, 1.807) is 31.0 Å². The lowest BCUT2D eigenvalue weighted by Gasteiger charge is -2.10. The van der Waals surface area contributed by atoms with Crippen LogP contribution in [-0.4, -0.2) is 31.8 Å². The summed E-state index contributed by atoms with van der Waals surface area (Å²) in [5.41, 5.74) is 0.437. The summed E-state index contributed by atoms with van der Waals surface area (Å²) in [5, 5.41) is -0.482. The van der Waals surface area contributed by atoms with Crippen LogP contribution in [0.1, 0.15) is 10.4 Å². The van der Waals surface area contributed by atoms with Gasteiger partial charge >= 0.3 is 0 Å². The van der Waals surface area contributed by atoms with E-state index in [1.807, 2.05) is 12.3 Å². The zero-order valence-corrected chi connectivity index (χ0v) is 10.7. The van der Waals surface area contributed by atoms with Crippen molar-refractivity contribution in [2.24, 2.45) is 0 Å². The van der Waals surface area contributed by atoms with Gasteiger partial charge in [-0.25, -0.2) is 0 Å². The molecule has 0 aliphatic rings. The highest BCUT2D eigenvalue weighted by Crippen LogP contribution is 2.29. The van der Waals surface area contributed by atoms with Crippen LogP contribution < -0.4 is 4.74 Å². The second-order valence-corrected chi connectivity index (χ2v) is 4.17. The Morgan fingerprint density at radius 2 is 2.19 bits per heavy atom. The molecule has 0 radical (unpaired) electrons. The Labute approximate surface area is 104 Å². The number of rotatable bonds is 6. The van der Waals surface area contributed by atoms with Gasteiger partial charge in [0.2, 0.25) is 0 Å². The minimum atomic E-state index is -0.482. The Kier molecular flexibility index (Phi) is 5.66. The molecule has 0 N–H and O–H groups in total. The number of carbonyl (C=O) groups is 1. The molecule has 0 amide bonds. The zero-order valence-electron chi connectivity index (χ0n) is 9.16. The van der Waals surface area contributed by atoms with E-state index >= 15 is 0 Å². The third-order valence-electron chi connectivity index (χ3n) is 1.94. The van der Waals surface area contributed by atoms with E-state index in [0.717, 1.165) is 4.90 Å². The van der Waals surface area contributed by atoms with Crippen molar-refractivity contribution in [1.29, 1.82) is 0 Å². The van der Waals surface area contributed by atoms with Gasteiger partial charge in [-0.1, -0.05) is 0 Å². The molecule has 0 spiro atoms. The molecular formula is C11H13ClO3S. The zero-order chi connectivity index (χ0) is 12.0. The van der Waals surface area contributed by atoms with Gasteiger partial charge in [-0.3, -0.25) is 4.79 Å². The van der Waals surface area contributed by atoms with Gasteiger partial charge in [-0.2, -0.15) is 0 Å². The summed E-state index contributed by atoms with van der Waals surface area (Å²) in [4.78, 5) is 12.0. The van der Waals surface area contributed by atoms with Gasteiger partial charge in [0.1, 0.15) is 12.4 Å². The molecule has 88 valence electrons. The van der Waals surface area contributed by atoms with E-state index in [-0.39, 0.29) is 0 Å². The van der Waals surface area contributed by atoms with E-state index in [1.165, 1.54) is 0 Å². The molecule has 0 fully saturated rings. The number of methoxy groups -OCH3 is 1. The number of thioether (sulfide) groups is 1. The number of halogens is 1. The monoisotopic (exact) mass is 260 g/mol. The van der Waals surface area contributed by atoms with Gasteiger partial charge in [0.25, 0.3) is 5.24 Å². The average Bonchev–Trinajstić information content (AvgIpc) is 2.29. The normalized spacial score (nSPS) is 10.2. The molecule has 1 aromatic rings. The first-order chi connectivity index (χ1) is 7.69. The maximum Gasteiger partial charge on any atom is 0.252 e. The Balaban J connectivity index is 2.84. The fraction of sp³-hybridized carbons (Fsp3) is 0.364. The van der Waals surface area contributed by atoms with Gasteiger partial charge in [-0.15, -0.1) is 11.8 Å². The first-order valence-electron chi connectivity index (χ1n) is 4.68. The predicted octanol–water partition coefficient (Wildman–Crippen LogP) is 2.81. The Morgan fingerprint density at radius 1 is 1.44 bits per heavy atom. The maximum atomic E-state index is 11.0. The van der Waals surface area contributed by atoms with Gasteiger partial charge in [0, 0.05) is 17.6 Å². The highest BCUT2D eigenvalue weighted by atomic mass is 35.5. The van der Waals surface area contributed by atoms with Crippen LogP contribution in [0.5, 0.6) is 5.75 Å². The van der Waals surface area contributed by atoms with Crippen molar-refractivity contribution in [2.45, 2.75) is 4.90 Å². The van der Waals surface area contributed by atoms with Crippen LogP contribution in [0.3, 0.4) is 0 Å². The second-order valence-electron chi connectivity index (χ2n) is 2.98. The molecular weight excluding hydrogens is 248 g/mol. The summed E-state index contributed by atoms with van der Waals surface area (Å²) >= 11 is 6.96. The molecule has 16 heavy (non-hydrogen) atoms. The minimum absolute atomic E-state index is 0.437. The molecule has 3 nitrogen and oxygen atoms in total. The quantitative estimate of drug-likeness (QED) is 0.448. The summed E-state index contributed by atoms with van der Waals surface area (Å²) in [6.07, 6.45) is 1.95. The summed E-state index contributed by atoms with van der Waals surface area (Å²) in [5.74, 6) is 0.663. The van der Waals surface area contributed by atoms with Crippen LogP contribution in [0.25, 0.3) is 0 Å².